The second-order valence-corrected chi connectivity index (χ2v) is 3.88. The van der Waals surface area contributed by atoms with Crippen LogP contribution >= 0.6 is 0 Å². The average molecular weight is 247 g/mol. The number of furan rings is 1. The van der Waals surface area contributed by atoms with Crippen molar-refractivity contribution in [3.8, 4) is 0 Å². The average Bonchev–Trinajstić information content (AvgIpc) is 2.59. The number of rotatable bonds is 8. The van der Waals surface area contributed by atoms with Crippen molar-refractivity contribution in [3.63, 3.8) is 0 Å². The molecule has 0 fully saturated rings. The van der Waals surface area contributed by atoms with E-state index in [4.69, 9.17) is 9.15 Å². The first kappa shape index (κ1) is 14.1. The van der Waals surface area contributed by atoms with Crippen molar-refractivity contribution in [3.05, 3.63) is 23.2 Å². The molecule has 0 spiro atoms. The van der Waals surface area contributed by atoms with E-state index < -0.39 is 13.0 Å². The molecule has 0 unspecified atom stereocenters. The highest BCUT2D eigenvalue weighted by atomic mass is 19.3. The summed E-state index contributed by atoms with van der Waals surface area (Å²) in [6.45, 7) is 5.18. The fourth-order valence-electron chi connectivity index (χ4n) is 1.48. The largest absolute Gasteiger partial charge is 0.464 e. The Bertz CT molecular complexity index is 326. The molecule has 0 aliphatic carbocycles. The highest BCUT2D eigenvalue weighted by molar-refractivity contribution is 5.20. The summed E-state index contributed by atoms with van der Waals surface area (Å²) >= 11 is 0. The third kappa shape index (κ3) is 5.28. The van der Waals surface area contributed by atoms with Crippen molar-refractivity contribution >= 4 is 0 Å². The molecule has 1 aromatic heterocycles. The topological polar surface area (TPSA) is 34.4 Å². The smallest absolute Gasteiger partial charge is 0.261 e. The SMILES string of the molecule is CCCNCc1cc(COCC(F)F)oc1C. The van der Waals surface area contributed by atoms with Crippen molar-refractivity contribution < 1.29 is 17.9 Å². The van der Waals surface area contributed by atoms with Crippen LogP contribution in [0, 0.1) is 6.92 Å². The molecule has 0 bridgehead atoms. The lowest BCUT2D eigenvalue weighted by Gasteiger charge is -2.00. The summed E-state index contributed by atoms with van der Waals surface area (Å²) in [6.07, 6.45) is -1.36. The molecular formula is C12H19F2NO2. The summed E-state index contributed by atoms with van der Waals surface area (Å²) in [5.74, 6) is 1.40. The molecule has 1 rings (SSSR count). The maximum absolute atomic E-state index is 11.9. The molecule has 0 radical (unpaired) electrons. The van der Waals surface area contributed by atoms with Gasteiger partial charge in [0.15, 0.2) is 0 Å². The molecule has 0 aliphatic heterocycles. The van der Waals surface area contributed by atoms with Crippen LogP contribution in [0.2, 0.25) is 0 Å². The standard InChI is InChI=1S/C12H19F2NO2/c1-3-4-15-6-10-5-11(17-9(10)2)7-16-8-12(13)14/h5,12,15H,3-4,6-8H2,1-2H3. The maximum atomic E-state index is 11.9. The van der Waals surface area contributed by atoms with Crippen LogP contribution in [0.1, 0.15) is 30.4 Å². The third-order valence-electron chi connectivity index (χ3n) is 2.30. The number of halogens is 2. The number of ether oxygens (including phenoxy) is 1. The zero-order valence-corrected chi connectivity index (χ0v) is 10.3. The van der Waals surface area contributed by atoms with Gasteiger partial charge in [0, 0.05) is 12.1 Å². The van der Waals surface area contributed by atoms with E-state index in [1.165, 1.54) is 0 Å². The van der Waals surface area contributed by atoms with E-state index in [1.807, 2.05) is 13.0 Å². The fourth-order valence-corrected chi connectivity index (χ4v) is 1.48. The van der Waals surface area contributed by atoms with Gasteiger partial charge in [0.2, 0.25) is 0 Å². The maximum Gasteiger partial charge on any atom is 0.261 e. The number of alkyl halides is 2. The molecule has 5 heteroatoms. The van der Waals surface area contributed by atoms with E-state index in [1.54, 1.807) is 0 Å². The Morgan fingerprint density at radius 2 is 2.24 bits per heavy atom. The van der Waals surface area contributed by atoms with Gasteiger partial charge in [-0.25, -0.2) is 8.78 Å². The Morgan fingerprint density at radius 1 is 1.47 bits per heavy atom. The van der Waals surface area contributed by atoms with Crippen LogP contribution < -0.4 is 5.32 Å². The molecule has 0 aromatic carbocycles. The monoisotopic (exact) mass is 247 g/mol. The summed E-state index contributed by atoms with van der Waals surface area (Å²) in [4.78, 5) is 0. The first-order valence-electron chi connectivity index (χ1n) is 5.78. The van der Waals surface area contributed by atoms with E-state index in [0.717, 1.165) is 30.8 Å². The molecule has 0 saturated heterocycles. The quantitative estimate of drug-likeness (QED) is 0.717. The van der Waals surface area contributed by atoms with Gasteiger partial charge in [-0.2, -0.15) is 0 Å². The molecule has 1 aromatic rings. The Morgan fingerprint density at radius 3 is 2.88 bits per heavy atom. The molecular weight excluding hydrogens is 228 g/mol. The predicted molar refractivity (Wildman–Crippen MR) is 61.1 cm³/mol. The van der Waals surface area contributed by atoms with Crippen molar-refractivity contribution in [2.45, 2.75) is 39.8 Å². The van der Waals surface area contributed by atoms with Gasteiger partial charge in [-0.1, -0.05) is 6.92 Å². The van der Waals surface area contributed by atoms with Crippen LogP contribution in [0.3, 0.4) is 0 Å². The van der Waals surface area contributed by atoms with Gasteiger partial charge in [-0.15, -0.1) is 0 Å². The molecule has 1 N–H and O–H groups in total. The van der Waals surface area contributed by atoms with Crippen LogP contribution in [0.5, 0.6) is 0 Å². The summed E-state index contributed by atoms with van der Waals surface area (Å²) in [5, 5.41) is 3.26. The second-order valence-electron chi connectivity index (χ2n) is 3.88. The molecule has 3 nitrogen and oxygen atoms in total. The van der Waals surface area contributed by atoms with Crippen molar-refractivity contribution in [2.24, 2.45) is 0 Å². The minimum Gasteiger partial charge on any atom is -0.464 e. The van der Waals surface area contributed by atoms with Gasteiger partial charge < -0.3 is 14.5 Å². The predicted octanol–water partition coefficient (Wildman–Crippen LogP) is 2.87. The van der Waals surface area contributed by atoms with E-state index >= 15 is 0 Å². The Kier molecular flexibility index (Phi) is 6.15. The number of hydrogen-bond acceptors (Lipinski definition) is 3. The lowest BCUT2D eigenvalue weighted by Crippen LogP contribution is -2.13. The normalized spacial score (nSPS) is 11.4. The molecule has 98 valence electrons. The van der Waals surface area contributed by atoms with Gasteiger partial charge in [-0.05, 0) is 26.0 Å². The first-order valence-corrected chi connectivity index (χ1v) is 5.78. The first-order chi connectivity index (χ1) is 8.13. The zero-order valence-electron chi connectivity index (χ0n) is 10.3. The van der Waals surface area contributed by atoms with Crippen LogP contribution in [0.25, 0.3) is 0 Å². The molecule has 0 saturated carbocycles. The van der Waals surface area contributed by atoms with Crippen LogP contribution in [0.15, 0.2) is 10.5 Å². The molecule has 0 atom stereocenters. The number of nitrogens with one attached hydrogen (secondary N) is 1. The minimum absolute atomic E-state index is 0.0962. The molecule has 0 aliphatic rings. The minimum atomic E-state index is -2.43. The van der Waals surface area contributed by atoms with E-state index in [-0.39, 0.29) is 6.61 Å². The molecule has 0 amide bonds. The lowest BCUT2D eigenvalue weighted by atomic mass is 10.2. The van der Waals surface area contributed by atoms with E-state index in [0.29, 0.717) is 5.76 Å². The number of aryl methyl sites for hydroxylation is 1. The molecule has 1 heterocycles. The van der Waals surface area contributed by atoms with Gasteiger partial charge in [-0.3, -0.25) is 0 Å². The van der Waals surface area contributed by atoms with Crippen molar-refractivity contribution in [1.29, 1.82) is 0 Å². The van der Waals surface area contributed by atoms with Gasteiger partial charge in [0.05, 0.1) is 0 Å². The van der Waals surface area contributed by atoms with Gasteiger partial charge >= 0.3 is 0 Å². The Labute approximate surface area is 100 Å². The van der Waals surface area contributed by atoms with E-state index in [9.17, 15) is 8.78 Å². The summed E-state index contributed by atoms with van der Waals surface area (Å²) < 4.78 is 34.0. The van der Waals surface area contributed by atoms with Crippen LogP contribution in [-0.4, -0.2) is 19.6 Å². The number of hydrogen-bond donors (Lipinski definition) is 1. The summed E-state index contributed by atoms with van der Waals surface area (Å²) in [6, 6.07) is 1.85. The van der Waals surface area contributed by atoms with Crippen LogP contribution in [-0.2, 0) is 17.9 Å². The molecule has 17 heavy (non-hydrogen) atoms. The third-order valence-corrected chi connectivity index (χ3v) is 2.30. The van der Waals surface area contributed by atoms with E-state index in [2.05, 4.69) is 12.2 Å². The van der Waals surface area contributed by atoms with Crippen molar-refractivity contribution in [1.82, 2.24) is 5.32 Å². The zero-order chi connectivity index (χ0) is 12.7. The van der Waals surface area contributed by atoms with Crippen LogP contribution in [0.4, 0.5) is 8.78 Å². The highest BCUT2D eigenvalue weighted by Gasteiger charge is 2.08. The van der Waals surface area contributed by atoms with Gasteiger partial charge in [0.1, 0.15) is 24.7 Å². The Balaban J connectivity index is 2.38. The summed E-state index contributed by atoms with van der Waals surface area (Å²) in [7, 11) is 0. The van der Waals surface area contributed by atoms with Crippen molar-refractivity contribution in [2.75, 3.05) is 13.2 Å². The van der Waals surface area contributed by atoms with Gasteiger partial charge in [0.25, 0.3) is 6.43 Å². The Hall–Kier alpha value is -0.940. The highest BCUT2D eigenvalue weighted by Crippen LogP contribution is 2.15. The second kappa shape index (κ2) is 7.40. The fraction of sp³-hybridized carbons (Fsp3) is 0.667. The lowest BCUT2D eigenvalue weighted by molar-refractivity contribution is 0.00437. The summed E-state index contributed by atoms with van der Waals surface area (Å²) in [5.41, 5.74) is 1.05.